The molecule has 16 heavy (non-hydrogen) atoms. The fraction of sp³-hybridized carbons (Fsp3) is 0.400. The van der Waals surface area contributed by atoms with Gasteiger partial charge in [-0.1, -0.05) is 6.07 Å². The van der Waals surface area contributed by atoms with E-state index < -0.39 is 10.0 Å². The molecule has 1 aromatic carbocycles. The van der Waals surface area contributed by atoms with Gasteiger partial charge in [0.2, 0.25) is 10.0 Å². The topological polar surface area (TPSA) is 81.4 Å². The summed E-state index contributed by atoms with van der Waals surface area (Å²) in [6, 6.07) is 5.31. The first-order valence-corrected chi connectivity index (χ1v) is 6.70. The molecule has 0 aromatic heterocycles. The van der Waals surface area contributed by atoms with Gasteiger partial charge >= 0.3 is 0 Å². The van der Waals surface area contributed by atoms with Gasteiger partial charge < -0.3 is 10.5 Å². The first-order valence-electron chi connectivity index (χ1n) is 4.81. The predicted molar refractivity (Wildman–Crippen MR) is 64.2 cm³/mol. The lowest BCUT2D eigenvalue weighted by atomic mass is 10.1. The van der Waals surface area contributed by atoms with Gasteiger partial charge in [0.15, 0.2) is 0 Å². The van der Waals surface area contributed by atoms with Gasteiger partial charge in [0.1, 0.15) is 5.75 Å². The minimum atomic E-state index is -3.30. The zero-order chi connectivity index (χ0) is 12.2. The molecule has 0 heterocycles. The first kappa shape index (κ1) is 12.8. The lowest BCUT2D eigenvalue weighted by Crippen LogP contribution is -2.11. The molecule has 0 radical (unpaired) electrons. The number of nitrogens with one attached hydrogen (secondary N) is 1. The van der Waals surface area contributed by atoms with E-state index in [0.717, 1.165) is 11.8 Å². The highest BCUT2D eigenvalue weighted by Crippen LogP contribution is 2.26. The van der Waals surface area contributed by atoms with Crippen LogP contribution >= 0.6 is 0 Å². The van der Waals surface area contributed by atoms with Crippen LogP contribution in [-0.4, -0.2) is 28.3 Å². The van der Waals surface area contributed by atoms with Crippen LogP contribution in [0.5, 0.6) is 5.75 Å². The van der Waals surface area contributed by atoms with Gasteiger partial charge in [-0.2, -0.15) is 0 Å². The quantitative estimate of drug-likeness (QED) is 0.793. The van der Waals surface area contributed by atoms with Crippen LogP contribution in [0.25, 0.3) is 0 Å². The van der Waals surface area contributed by atoms with Gasteiger partial charge in [0.05, 0.1) is 19.1 Å². The molecular weight excluding hydrogens is 228 g/mol. The highest BCUT2D eigenvalue weighted by atomic mass is 32.2. The standard InChI is InChI=1S/C10H16N2O3S/c1-15-10-4-3-8(5-6-11)7-9(10)12-16(2,13)14/h3-4,7,12H,5-6,11H2,1-2H3. The molecule has 0 bridgehead atoms. The Hall–Kier alpha value is -1.27. The van der Waals surface area contributed by atoms with Crippen LogP contribution in [-0.2, 0) is 16.4 Å². The molecule has 0 saturated carbocycles. The van der Waals surface area contributed by atoms with Crippen molar-refractivity contribution in [3.8, 4) is 5.75 Å². The Labute approximate surface area is 95.7 Å². The molecule has 0 amide bonds. The molecule has 0 fully saturated rings. The average Bonchev–Trinajstić information content (AvgIpc) is 2.16. The second kappa shape index (κ2) is 5.18. The van der Waals surface area contributed by atoms with Crippen molar-refractivity contribution in [3.63, 3.8) is 0 Å². The summed E-state index contributed by atoms with van der Waals surface area (Å²) in [6.45, 7) is 0.518. The number of sulfonamides is 1. The molecule has 90 valence electrons. The fourth-order valence-corrected chi connectivity index (χ4v) is 1.92. The van der Waals surface area contributed by atoms with Gasteiger partial charge in [0.25, 0.3) is 0 Å². The Morgan fingerprint density at radius 1 is 1.44 bits per heavy atom. The number of methoxy groups -OCH3 is 1. The van der Waals surface area contributed by atoms with Crippen molar-refractivity contribution in [2.24, 2.45) is 5.73 Å². The summed E-state index contributed by atoms with van der Waals surface area (Å²) in [4.78, 5) is 0. The summed E-state index contributed by atoms with van der Waals surface area (Å²) < 4.78 is 29.8. The van der Waals surface area contributed by atoms with Gasteiger partial charge in [-0.3, -0.25) is 4.72 Å². The first-order chi connectivity index (χ1) is 7.46. The normalized spacial score (nSPS) is 11.2. The molecule has 0 atom stereocenters. The molecule has 0 aliphatic rings. The van der Waals surface area contributed by atoms with E-state index in [4.69, 9.17) is 10.5 Å². The Kier molecular flexibility index (Phi) is 4.14. The third-order valence-electron chi connectivity index (χ3n) is 1.99. The lowest BCUT2D eigenvalue weighted by Gasteiger charge is -2.11. The Morgan fingerprint density at radius 3 is 2.62 bits per heavy atom. The van der Waals surface area contributed by atoms with E-state index in [0.29, 0.717) is 24.4 Å². The van der Waals surface area contributed by atoms with E-state index >= 15 is 0 Å². The van der Waals surface area contributed by atoms with Gasteiger partial charge in [-0.05, 0) is 30.7 Å². The van der Waals surface area contributed by atoms with Gasteiger partial charge in [-0.15, -0.1) is 0 Å². The molecule has 0 unspecified atom stereocenters. The van der Waals surface area contributed by atoms with Crippen LogP contribution < -0.4 is 15.2 Å². The monoisotopic (exact) mass is 244 g/mol. The Bertz CT molecular complexity index is 457. The van der Waals surface area contributed by atoms with Crippen molar-refractivity contribution >= 4 is 15.7 Å². The third kappa shape index (κ3) is 3.71. The maximum atomic E-state index is 11.1. The van der Waals surface area contributed by atoms with E-state index in [1.54, 1.807) is 12.1 Å². The summed E-state index contributed by atoms with van der Waals surface area (Å²) in [5.41, 5.74) is 6.85. The maximum absolute atomic E-state index is 11.1. The van der Waals surface area contributed by atoms with Crippen LogP contribution in [0.2, 0.25) is 0 Å². The summed E-state index contributed by atoms with van der Waals surface area (Å²) in [5, 5.41) is 0. The van der Waals surface area contributed by atoms with Crippen molar-refractivity contribution in [3.05, 3.63) is 23.8 Å². The smallest absolute Gasteiger partial charge is 0.229 e. The number of ether oxygens (including phenoxy) is 1. The second-order valence-electron chi connectivity index (χ2n) is 3.45. The van der Waals surface area contributed by atoms with Gasteiger partial charge in [0, 0.05) is 0 Å². The predicted octanol–water partition coefficient (Wildman–Crippen LogP) is 0.568. The zero-order valence-corrected chi connectivity index (χ0v) is 10.2. The summed E-state index contributed by atoms with van der Waals surface area (Å²) in [6.07, 6.45) is 1.80. The van der Waals surface area contributed by atoms with E-state index in [1.165, 1.54) is 7.11 Å². The molecular formula is C10H16N2O3S. The molecule has 1 rings (SSSR count). The second-order valence-corrected chi connectivity index (χ2v) is 5.20. The number of hydrogen-bond acceptors (Lipinski definition) is 4. The fourth-order valence-electron chi connectivity index (χ4n) is 1.36. The molecule has 0 saturated heterocycles. The van der Waals surface area contributed by atoms with E-state index in [2.05, 4.69) is 4.72 Å². The van der Waals surface area contributed by atoms with Crippen LogP contribution in [0.1, 0.15) is 5.56 Å². The Balaban J connectivity index is 3.07. The number of benzene rings is 1. The van der Waals surface area contributed by atoms with E-state index in [-0.39, 0.29) is 0 Å². The lowest BCUT2D eigenvalue weighted by molar-refractivity contribution is 0.416. The third-order valence-corrected chi connectivity index (χ3v) is 2.58. The van der Waals surface area contributed by atoms with Crippen LogP contribution in [0, 0.1) is 0 Å². The number of rotatable bonds is 5. The highest BCUT2D eigenvalue weighted by Gasteiger charge is 2.08. The van der Waals surface area contributed by atoms with Crippen LogP contribution in [0.3, 0.4) is 0 Å². The largest absolute Gasteiger partial charge is 0.495 e. The van der Waals surface area contributed by atoms with Crippen molar-refractivity contribution in [1.82, 2.24) is 0 Å². The summed E-state index contributed by atoms with van der Waals surface area (Å²) in [5.74, 6) is 0.492. The van der Waals surface area contributed by atoms with E-state index in [9.17, 15) is 8.42 Å². The molecule has 0 spiro atoms. The maximum Gasteiger partial charge on any atom is 0.229 e. The van der Waals surface area contributed by atoms with Crippen molar-refractivity contribution in [2.45, 2.75) is 6.42 Å². The molecule has 0 aliphatic heterocycles. The van der Waals surface area contributed by atoms with Crippen molar-refractivity contribution < 1.29 is 13.2 Å². The number of hydrogen-bond donors (Lipinski definition) is 2. The van der Waals surface area contributed by atoms with E-state index in [1.807, 2.05) is 6.07 Å². The zero-order valence-electron chi connectivity index (χ0n) is 9.36. The minimum absolute atomic E-state index is 0.441. The summed E-state index contributed by atoms with van der Waals surface area (Å²) in [7, 11) is -1.81. The molecule has 6 heteroatoms. The Morgan fingerprint density at radius 2 is 2.12 bits per heavy atom. The average molecular weight is 244 g/mol. The number of nitrogens with two attached hydrogens (primary N) is 1. The van der Waals surface area contributed by atoms with Crippen molar-refractivity contribution in [1.29, 1.82) is 0 Å². The molecule has 1 aromatic rings. The SMILES string of the molecule is COc1ccc(CCN)cc1NS(C)(=O)=O. The number of anilines is 1. The molecule has 3 N–H and O–H groups in total. The van der Waals surface area contributed by atoms with Crippen molar-refractivity contribution in [2.75, 3.05) is 24.6 Å². The summed E-state index contributed by atoms with van der Waals surface area (Å²) >= 11 is 0. The van der Waals surface area contributed by atoms with Crippen LogP contribution in [0.15, 0.2) is 18.2 Å². The minimum Gasteiger partial charge on any atom is -0.495 e. The molecule has 5 nitrogen and oxygen atoms in total. The van der Waals surface area contributed by atoms with Gasteiger partial charge in [-0.25, -0.2) is 8.42 Å². The van der Waals surface area contributed by atoms with Crippen LogP contribution in [0.4, 0.5) is 5.69 Å². The molecule has 0 aliphatic carbocycles. The highest BCUT2D eigenvalue weighted by molar-refractivity contribution is 7.92.